The van der Waals surface area contributed by atoms with Crippen molar-refractivity contribution in [2.24, 2.45) is 0 Å². The van der Waals surface area contributed by atoms with E-state index in [9.17, 15) is 18.0 Å². The van der Waals surface area contributed by atoms with Gasteiger partial charge in [0.05, 0.1) is 4.88 Å². The van der Waals surface area contributed by atoms with Crippen LogP contribution in [0.2, 0.25) is 0 Å². The van der Waals surface area contributed by atoms with Crippen LogP contribution < -0.4 is 0 Å². The lowest BCUT2D eigenvalue weighted by atomic mass is 10.3. The number of rotatable bonds is 6. The third-order valence-electron chi connectivity index (χ3n) is 1.84. The fraction of sp³-hybridized carbons (Fsp3) is 0.600. The standard InChI is InChI=1S/C10H12F3NO3S/c1-3-16-8(17-4-2)7(15)6-5-14-9(18-6)10(11,12)13/h5,8H,3-4H2,1-2H3. The van der Waals surface area contributed by atoms with Crippen LogP contribution in [0.15, 0.2) is 6.20 Å². The first-order valence-electron chi connectivity index (χ1n) is 5.20. The number of ketones is 1. The smallest absolute Gasteiger partial charge is 0.346 e. The van der Waals surface area contributed by atoms with E-state index in [2.05, 4.69) is 4.98 Å². The second kappa shape index (κ2) is 6.26. The summed E-state index contributed by atoms with van der Waals surface area (Å²) in [4.78, 5) is 14.9. The molecule has 1 aromatic rings. The molecule has 0 aliphatic carbocycles. The van der Waals surface area contributed by atoms with Crippen molar-refractivity contribution in [2.45, 2.75) is 26.3 Å². The normalized spacial score (nSPS) is 12.1. The molecule has 8 heteroatoms. The van der Waals surface area contributed by atoms with Gasteiger partial charge in [0.25, 0.3) is 0 Å². The number of thiazole rings is 1. The zero-order valence-electron chi connectivity index (χ0n) is 9.78. The Morgan fingerprint density at radius 3 is 2.33 bits per heavy atom. The predicted molar refractivity (Wildman–Crippen MR) is 58.5 cm³/mol. The second-order valence-corrected chi connectivity index (χ2v) is 4.16. The molecule has 1 heterocycles. The van der Waals surface area contributed by atoms with Crippen LogP contribution in [0.3, 0.4) is 0 Å². The Bertz CT molecular complexity index is 399. The maximum absolute atomic E-state index is 12.3. The molecule has 0 amide bonds. The maximum Gasteiger partial charge on any atom is 0.443 e. The van der Waals surface area contributed by atoms with Crippen molar-refractivity contribution < 1.29 is 27.4 Å². The van der Waals surface area contributed by atoms with E-state index in [1.165, 1.54) is 0 Å². The van der Waals surface area contributed by atoms with Crippen molar-refractivity contribution in [3.05, 3.63) is 16.1 Å². The minimum Gasteiger partial charge on any atom is -0.346 e. The van der Waals surface area contributed by atoms with Crippen LogP contribution in [-0.4, -0.2) is 30.3 Å². The average Bonchev–Trinajstić information content (AvgIpc) is 2.76. The lowest BCUT2D eigenvalue weighted by Crippen LogP contribution is -2.27. The highest BCUT2D eigenvalue weighted by atomic mass is 32.1. The molecule has 0 N–H and O–H groups in total. The topological polar surface area (TPSA) is 48.4 Å². The van der Waals surface area contributed by atoms with Gasteiger partial charge in [0.15, 0.2) is 5.01 Å². The fourth-order valence-electron chi connectivity index (χ4n) is 1.14. The van der Waals surface area contributed by atoms with E-state index in [-0.39, 0.29) is 29.4 Å². The van der Waals surface area contributed by atoms with Gasteiger partial charge in [0.2, 0.25) is 12.1 Å². The van der Waals surface area contributed by atoms with E-state index in [0.717, 1.165) is 6.20 Å². The summed E-state index contributed by atoms with van der Waals surface area (Å²) in [7, 11) is 0. The Balaban J connectivity index is 2.85. The molecule has 102 valence electrons. The molecule has 0 spiro atoms. The molecule has 0 saturated carbocycles. The van der Waals surface area contributed by atoms with Gasteiger partial charge in [0, 0.05) is 19.4 Å². The summed E-state index contributed by atoms with van der Waals surface area (Å²) < 4.78 is 47.0. The van der Waals surface area contributed by atoms with Crippen LogP contribution in [0.1, 0.15) is 28.5 Å². The SMILES string of the molecule is CCOC(OCC)C(=O)c1cnc(C(F)(F)F)s1. The van der Waals surface area contributed by atoms with E-state index in [4.69, 9.17) is 9.47 Å². The molecule has 0 radical (unpaired) electrons. The van der Waals surface area contributed by atoms with Crippen molar-refractivity contribution in [3.8, 4) is 0 Å². The lowest BCUT2D eigenvalue weighted by Gasteiger charge is -2.14. The minimum absolute atomic E-state index is 0.130. The fourth-order valence-corrected chi connectivity index (χ4v) is 1.87. The number of carbonyl (C=O) groups is 1. The van der Waals surface area contributed by atoms with E-state index < -0.39 is 23.3 Å². The van der Waals surface area contributed by atoms with Gasteiger partial charge in [-0.2, -0.15) is 13.2 Å². The summed E-state index contributed by atoms with van der Waals surface area (Å²) in [5.74, 6) is -0.647. The zero-order valence-corrected chi connectivity index (χ0v) is 10.6. The van der Waals surface area contributed by atoms with Gasteiger partial charge in [-0.05, 0) is 13.8 Å². The summed E-state index contributed by atoms with van der Waals surface area (Å²) in [5.41, 5.74) is 0. The van der Waals surface area contributed by atoms with Crippen molar-refractivity contribution in [1.29, 1.82) is 0 Å². The van der Waals surface area contributed by atoms with Crippen LogP contribution in [-0.2, 0) is 15.7 Å². The molecule has 0 bridgehead atoms. The molecule has 0 aromatic carbocycles. The second-order valence-electron chi connectivity index (χ2n) is 3.13. The number of hydrogen-bond donors (Lipinski definition) is 0. The third-order valence-corrected chi connectivity index (χ3v) is 2.90. The largest absolute Gasteiger partial charge is 0.443 e. The number of halogens is 3. The van der Waals surface area contributed by atoms with E-state index >= 15 is 0 Å². The molecule has 0 aliphatic rings. The van der Waals surface area contributed by atoms with E-state index in [1.54, 1.807) is 13.8 Å². The summed E-state index contributed by atoms with van der Waals surface area (Å²) in [6.45, 7) is 3.77. The van der Waals surface area contributed by atoms with Gasteiger partial charge < -0.3 is 9.47 Å². The number of hydrogen-bond acceptors (Lipinski definition) is 5. The molecular weight excluding hydrogens is 271 g/mol. The van der Waals surface area contributed by atoms with Gasteiger partial charge in [0.1, 0.15) is 0 Å². The van der Waals surface area contributed by atoms with Crippen molar-refractivity contribution in [3.63, 3.8) is 0 Å². The third kappa shape index (κ3) is 3.76. The molecular formula is C10H12F3NO3S. The first-order chi connectivity index (χ1) is 8.40. The van der Waals surface area contributed by atoms with Gasteiger partial charge in [-0.1, -0.05) is 0 Å². The van der Waals surface area contributed by atoms with Crippen LogP contribution in [0.4, 0.5) is 13.2 Å². The lowest BCUT2D eigenvalue weighted by molar-refractivity contribution is -0.137. The Kier molecular flexibility index (Phi) is 5.24. The van der Waals surface area contributed by atoms with Gasteiger partial charge in [-0.3, -0.25) is 4.79 Å². The highest BCUT2D eigenvalue weighted by molar-refractivity contribution is 7.13. The number of ether oxygens (including phenoxy) is 2. The maximum atomic E-state index is 12.3. The monoisotopic (exact) mass is 283 g/mol. The predicted octanol–water partition coefficient (Wildman–Crippen LogP) is 2.74. The average molecular weight is 283 g/mol. The number of nitrogens with zero attached hydrogens (tertiary/aromatic N) is 1. The molecule has 0 fully saturated rings. The number of Topliss-reactive ketones (excluding diaryl/α,β-unsaturated/α-hetero) is 1. The van der Waals surface area contributed by atoms with Crippen LogP contribution in [0, 0.1) is 0 Å². The molecule has 0 aliphatic heterocycles. The van der Waals surface area contributed by atoms with Gasteiger partial charge in [-0.15, -0.1) is 11.3 Å². The van der Waals surface area contributed by atoms with Crippen LogP contribution in [0.25, 0.3) is 0 Å². The Hall–Kier alpha value is -0.990. The Morgan fingerprint density at radius 1 is 1.39 bits per heavy atom. The van der Waals surface area contributed by atoms with Crippen LogP contribution in [0.5, 0.6) is 0 Å². The summed E-state index contributed by atoms with van der Waals surface area (Å²) in [5, 5.41) is -1.06. The quantitative estimate of drug-likeness (QED) is 0.595. The van der Waals surface area contributed by atoms with E-state index in [0.29, 0.717) is 0 Å². The van der Waals surface area contributed by atoms with Crippen molar-refractivity contribution in [1.82, 2.24) is 4.98 Å². The molecule has 4 nitrogen and oxygen atoms in total. The zero-order chi connectivity index (χ0) is 13.8. The number of alkyl halides is 3. The highest BCUT2D eigenvalue weighted by Crippen LogP contribution is 2.32. The van der Waals surface area contributed by atoms with Gasteiger partial charge in [-0.25, -0.2) is 4.98 Å². The summed E-state index contributed by atoms with van der Waals surface area (Å²) in [6.07, 6.45) is -4.84. The summed E-state index contributed by atoms with van der Waals surface area (Å²) >= 11 is 0.282. The minimum atomic E-state index is -4.55. The first-order valence-corrected chi connectivity index (χ1v) is 6.02. The van der Waals surface area contributed by atoms with E-state index in [1.807, 2.05) is 0 Å². The molecule has 0 saturated heterocycles. The Morgan fingerprint density at radius 2 is 1.94 bits per heavy atom. The van der Waals surface area contributed by atoms with Crippen molar-refractivity contribution >= 4 is 17.1 Å². The van der Waals surface area contributed by atoms with Crippen molar-refractivity contribution in [2.75, 3.05) is 13.2 Å². The molecule has 1 aromatic heterocycles. The molecule has 1 rings (SSSR count). The number of aromatic nitrogens is 1. The molecule has 18 heavy (non-hydrogen) atoms. The molecule has 0 atom stereocenters. The molecule has 0 unspecified atom stereocenters. The van der Waals surface area contributed by atoms with Crippen LogP contribution >= 0.6 is 11.3 Å². The highest BCUT2D eigenvalue weighted by Gasteiger charge is 2.36. The first kappa shape index (κ1) is 15.1. The summed E-state index contributed by atoms with van der Waals surface area (Å²) in [6, 6.07) is 0. The number of carbonyl (C=O) groups excluding carboxylic acids is 1. The Labute approximate surface area is 106 Å². The van der Waals surface area contributed by atoms with Gasteiger partial charge >= 0.3 is 6.18 Å².